The summed E-state index contributed by atoms with van der Waals surface area (Å²) in [4.78, 5) is 11.8. The quantitative estimate of drug-likeness (QED) is 0.494. The number of unbranched alkanes of at least 4 members (excludes halogenated alkanes) is 1. The summed E-state index contributed by atoms with van der Waals surface area (Å²) >= 11 is 0. The molecule has 0 radical (unpaired) electrons. The second-order valence-corrected chi connectivity index (χ2v) is 5.99. The monoisotopic (exact) mass is 370 g/mol. The highest BCUT2D eigenvalue weighted by Gasteiger charge is 2.04. The Labute approximate surface area is 159 Å². The van der Waals surface area contributed by atoms with Crippen molar-refractivity contribution in [2.45, 2.75) is 33.1 Å². The van der Waals surface area contributed by atoms with Crippen molar-refractivity contribution < 1.29 is 19.4 Å². The number of rotatable bonds is 10. The topological polar surface area (TPSA) is 80.2 Å². The molecule has 0 unspecified atom stereocenters. The zero-order valence-electron chi connectivity index (χ0n) is 15.8. The summed E-state index contributed by atoms with van der Waals surface area (Å²) in [5, 5.41) is 13.6. The van der Waals surface area contributed by atoms with Crippen LogP contribution in [-0.4, -0.2) is 30.4 Å². The van der Waals surface area contributed by atoms with Crippen molar-refractivity contribution in [3.8, 4) is 17.2 Å². The largest absolute Gasteiger partial charge is 0.504 e. The van der Waals surface area contributed by atoms with Crippen LogP contribution in [0, 0.1) is 0 Å². The molecule has 0 bridgehead atoms. The van der Waals surface area contributed by atoms with Gasteiger partial charge in [0.25, 0.3) is 5.91 Å². The SMILES string of the molecule is CCCCc1ccc(OCC(=O)N/N=C/c2ccc(O)c(OCC)c2)cc1. The van der Waals surface area contributed by atoms with Crippen LogP contribution in [0.1, 0.15) is 37.8 Å². The lowest BCUT2D eigenvalue weighted by atomic mass is 10.1. The molecule has 0 atom stereocenters. The number of hydrazone groups is 1. The number of phenolic OH excluding ortho intramolecular Hbond substituents is 1. The first-order valence-electron chi connectivity index (χ1n) is 9.11. The lowest BCUT2D eigenvalue weighted by Crippen LogP contribution is -2.24. The maximum absolute atomic E-state index is 11.8. The second-order valence-electron chi connectivity index (χ2n) is 5.99. The Bertz CT molecular complexity index is 757. The third-order valence-electron chi connectivity index (χ3n) is 3.80. The standard InChI is InChI=1S/C21H26N2O4/c1-3-5-6-16-7-10-18(11-8-16)27-15-21(25)23-22-14-17-9-12-19(24)20(13-17)26-4-2/h7-14,24H,3-6,15H2,1-2H3,(H,23,25)/b22-14+. The van der Waals surface area contributed by atoms with Gasteiger partial charge in [-0.2, -0.15) is 5.10 Å². The lowest BCUT2D eigenvalue weighted by molar-refractivity contribution is -0.123. The van der Waals surface area contributed by atoms with Gasteiger partial charge in [0, 0.05) is 0 Å². The molecule has 27 heavy (non-hydrogen) atoms. The van der Waals surface area contributed by atoms with Crippen molar-refractivity contribution in [1.82, 2.24) is 5.43 Å². The van der Waals surface area contributed by atoms with Crippen LogP contribution >= 0.6 is 0 Å². The van der Waals surface area contributed by atoms with Crippen molar-refractivity contribution >= 4 is 12.1 Å². The minimum Gasteiger partial charge on any atom is -0.504 e. The van der Waals surface area contributed by atoms with Crippen LogP contribution in [0.4, 0.5) is 0 Å². The van der Waals surface area contributed by atoms with Crippen LogP contribution in [-0.2, 0) is 11.2 Å². The number of ether oxygens (including phenoxy) is 2. The maximum Gasteiger partial charge on any atom is 0.277 e. The van der Waals surface area contributed by atoms with Crippen molar-refractivity contribution in [3.63, 3.8) is 0 Å². The molecule has 6 nitrogen and oxygen atoms in total. The number of phenols is 1. The molecular formula is C21H26N2O4. The van der Waals surface area contributed by atoms with Gasteiger partial charge in [-0.1, -0.05) is 25.5 Å². The van der Waals surface area contributed by atoms with Gasteiger partial charge in [0.15, 0.2) is 18.1 Å². The van der Waals surface area contributed by atoms with Crippen molar-refractivity contribution in [2.24, 2.45) is 5.10 Å². The smallest absolute Gasteiger partial charge is 0.277 e. The summed E-state index contributed by atoms with van der Waals surface area (Å²) in [6.07, 6.45) is 4.85. The van der Waals surface area contributed by atoms with Crippen LogP contribution in [0.3, 0.4) is 0 Å². The van der Waals surface area contributed by atoms with E-state index in [9.17, 15) is 9.90 Å². The number of hydrogen-bond donors (Lipinski definition) is 2. The molecule has 2 aromatic carbocycles. The average Bonchev–Trinajstić information content (AvgIpc) is 2.68. The molecule has 0 fully saturated rings. The highest BCUT2D eigenvalue weighted by molar-refractivity contribution is 5.83. The lowest BCUT2D eigenvalue weighted by Gasteiger charge is -2.07. The number of aromatic hydroxyl groups is 1. The fourth-order valence-corrected chi connectivity index (χ4v) is 2.38. The van der Waals surface area contributed by atoms with E-state index in [0.29, 0.717) is 23.7 Å². The van der Waals surface area contributed by atoms with Gasteiger partial charge in [-0.3, -0.25) is 4.79 Å². The van der Waals surface area contributed by atoms with Gasteiger partial charge in [0.2, 0.25) is 0 Å². The molecule has 0 aliphatic carbocycles. The van der Waals surface area contributed by atoms with E-state index in [1.165, 1.54) is 17.8 Å². The number of carbonyl (C=O) groups is 1. The average molecular weight is 370 g/mol. The molecule has 0 spiro atoms. The van der Waals surface area contributed by atoms with Gasteiger partial charge in [0.05, 0.1) is 12.8 Å². The molecule has 6 heteroatoms. The van der Waals surface area contributed by atoms with Gasteiger partial charge >= 0.3 is 0 Å². The van der Waals surface area contributed by atoms with E-state index in [-0.39, 0.29) is 18.3 Å². The summed E-state index contributed by atoms with van der Waals surface area (Å²) in [5.41, 5.74) is 4.37. The van der Waals surface area contributed by atoms with Gasteiger partial charge in [-0.05, 0) is 61.2 Å². The number of nitrogens with one attached hydrogen (secondary N) is 1. The maximum atomic E-state index is 11.8. The van der Waals surface area contributed by atoms with Crippen LogP contribution in [0.5, 0.6) is 17.2 Å². The Morgan fingerprint density at radius 1 is 1.15 bits per heavy atom. The summed E-state index contributed by atoms with van der Waals surface area (Å²) in [6, 6.07) is 12.6. The van der Waals surface area contributed by atoms with E-state index in [1.807, 2.05) is 31.2 Å². The first-order chi connectivity index (χ1) is 13.1. The first-order valence-corrected chi connectivity index (χ1v) is 9.11. The van der Waals surface area contributed by atoms with Crippen molar-refractivity contribution in [2.75, 3.05) is 13.2 Å². The molecule has 0 saturated carbocycles. The van der Waals surface area contributed by atoms with E-state index in [4.69, 9.17) is 9.47 Å². The van der Waals surface area contributed by atoms with Gasteiger partial charge in [-0.25, -0.2) is 5.43 Å². The third-order valence-corrected chi connectivity index (χ3v) is 3.80. The van der Waals surface area contributed by atoms with Crippen LogP contribution in [0.2, 0.25) is 0 Å². The van der Waals surface area contributed by atoms with E-state index in [2.05, 4.69) is 17.5 Å². The highest BCUT2D eigenvalue weighted by Crippen LogP contribution is 2.26. The predicted molar refractivity (Wildman–Crippen MR) is 106 cm³/mol. The Morgan fingerprint density at radius 3 is 2.63 bits per heavy atom. The molecule has 0 heterocycles. The normalized spacial score (nSPS) is 10.7. The van der Waals surface area contributed by atoms with Crippen molar-refractivity contribution in [1.29, 1.82) is 0 Å². The Morgan fingerprint density at radius 2 is 1.93 bits per heavy atom. The number of amides is 1. The number of carbonyl (C=O) groups excluding carboxylic acids is 1. The third kappa shape index (κ3) is 7.01. The van der Waals surface area contributed by atoms with Gasteiger partial charge < -0.3 is 14.6 Å². The minimum absolute atomic E-state index is 0.0622. The molecule has 0 saturated heterocycles. The van der Waals surface area contributed by atoms with Crippen LogP contribution in [0.15, 0.2) is 47.6 Å². The molecule has 0 aromatic heterocycles. The molecule has 144 valence electrons. The van der Waals surface area contributed by atoms with Crippen LogP contribution < -0.4 is 14.9 Å². The number of benzene rings is 2. The minimum atomic E-state index is -0.356. The molecule has 0 aliphatic rings. The van der Waals surface area contributed by atoms with Crippen LogP contribution in [0.25, 0.3) is 0 Å². The fraction of sp³-hybridized carbons (Fsp3) is 0.333. The first kappa shape index (κ1) is 20.3. The van der Waals surface area contributed by atoms with Gasteiger partial charge in [0.1, 0.15) is 5.75 Å². The Balaban J connectivity index is 1.79. The molecule has 2 rings (SSSR count). The van der Waals surface area contributed by atoms with Gasteiger partial charge in [-0.15, -0.1) is 0 Å². The van der Waals surface area contributed by atoms with E-state index < -0.39 is 0 Å². The fourth-order valence-electron chi connectivity index (χ4n) is 2.38. The molecule has 1 amide bonds. The zero-order valence-corrected chi connectivity index (χ0v) is 15.8. The second kappa shape index (κ2) is 10.9. The Hall–Kier alpha value is -3.02. The number of hydrogen-bond acceptors (Lipinski definition) is 5. The van der Waals surface area contributed by atoms with E-state index in [1.54, 1.807) is 12.1 Å². The summed E-state index contributed by atoms with van der Waals surface area (Å²) in [5.74, 6) is 0.727. The van der Waals surface area contributed by atoms with Crippen molar-refractivity contribution in [3.05, 3.63) is 53.6 Å². The molecule has 2 N–H and O–H groups in total. The summed E-state index contributed by atoms with van der Waals surface area (Å²) < 4.78 is 10.8. The molecule has 0 aliphatic heterocycles. The zero-order chi connectivity index (χ0) is 19.5. The number of nitrogens with zero attached hydrogens (tertiary/aromatic N) is 1. The predicted octanol–water partition coefficient (Wildman–Crippen LogP) is 3.66. The number of aryl methyl sites for hydroxylation is 1. The molecular weight excluding hydrogens is 344 g/mol. The Kier molecular flexibility index (Phi) is 8.16. The molecule has 2 aromatic rings. The summed E-state index contributed by atoms with van der Waals surface area (Å²) in [6.45, 7) is 4.32. The van der Waals surface area contributed by atoms with E-state index in [0.717, 1.165) is 19.3 Å². The van der Waals surface area contributed by atoms with E-state index >= 15 is 0 Å². The highest BCUT2D eigenvalue weighted by atomic mass is 16.5. The summed E-state index contributed by atoms with van der Waals surface area (Å²) in [7, 11) is 0.